The normalized spacial score (nSPS) is 10.7. The molecule has 0 spiro atoms. The lowest BCUT2D eigenvalue weighted by Gasteiger charge is -2.02. The number of hydrogen-bond acceptors (Lipinski definition) is 4. The Hall–Kier alpha value is -2.34. The number of H-pyrrole nitrogens is 1. The summed E-state index contributed by atoms with van der Waals surface area (Å²) < 4.78 is 0. The first kappa shape index (κ1) is 13.6. The molecule has 106 valence electrons. The van der Waals surface area contributed by atoms with Gasteiger partial charge in [0.15, 0.2) is 5.16 Å². The number of thioether (sulfide) groups is 1. The second kappa shape index (κ2) is 6.41. The van der Waals surface area contributed by atoms with Crippen LogP contribution in [0, 0.1) is 0 Å². The van der Waals surface area contributed by atoms with Crippen molar-refractivity contribution >= 4 is 34.5 Å². The standard InChI is InChI=1S/C15H14N4OS/c20-14(19-13-7-3-4-9-16-13)8-10-21-15-17-11-5-1-2-6-12(11)18-15/h1-7,9H,8,10H2,(H,17,18)(H,16,19,20). The first-order chi connectivity index (χ1) is 10.3. The van der Waals surface area contributed by atoms with Crippen molar-refractivity contribution < 1.29 is 4.79 Å². The van der Waals surface area contributed by atoms with Crippen molar-refractivity contribution in [1.82, 2.24) is 15.0 Å². The predicted molar refractivity (Wildman–Crippen MR) is 84.3 cm³/mol. The Morgan fingerprint density at radius 2 is 2.05 bits per heavy atom. The largest absolute Gasteiger partial charge is 0.333 e. The monoisotopic (exact) mass is 298 g/mol. The van der Waals surface area contributed by atoms with E-state index in [1.54, 1.807) is 12.3 Å². The summed E-state index contributed by atoms with van der Waals surface area (Å²) in [5.41, 5.74) is 1.95. The van der Waals surface area contributed by atoms with Gasteiger partial charge in [-0.25, -0.2) is 9.97 Å². The molecule has 0 atom stereocenters. The Morgan fingerprint density at radius 3 is 2.86 bits per heavy atom. The van der Waals surface area contributed by atoms with Gasteiger partial charge in [0, 0.05) is 18.4 Å². The number of hydrogen-bond donors (Lipinski definition) is 2. The van der Waals surface area contributed by atoms with Crippen LogP contribution in [0.3, 0.4) is 0 Å². The number of pyridine rings is 1. The number of amides is 1. The van der Waals surface area contributed by atoms with Gasteiger partial charge in [0.2, 0.25) is 5.91 Å². The van der Waals surface area contributed by atoms with Gasteiger partial charge in [-0.05, 0) is 24.3 Å². The summed E-state index contributed by atoms with van der Waals surface area (Å²) >= 11 is 1.54. The van der Waals surface area contributed by atoms with Crippen LogP contribution in [-0.4, -0.2) is 26.6 Å². The summed E-state index contributed by atoms with van der Waals surface area (Å²) in [5, 5.41) is 3.60. The molecule has 0 radical (unpaired) electrons. The fraction of sp³-hybridized carbons (Fsp3) is 0.133. The predicted octanol–water partition coefficient (Wildman–Crippen LogP) is 3.08. The number of carbonyl (C=O) groups excluding carboxylic acids is 1. The van der Waals surface area contributed by atoms with E-state index in [-0.39, 0.29) is 5.91 Å². The zero-order valence-electron chi connectivity index (χ0n) is 11.2. The molecule has 0 aliphatic rings. The van der Waals surface area contributed by atoms with E-state index in [4.69, 9.17) is 0 Å². The van der Waals surface area contributed by atoms with E-state index >= 15 is 0 Å². The van der Waals surface area contributed by atoms with Crippen molar-refractivity contribution in [3.8, 4) is 0 Å². The minimum atomic E-state index is -0.0442. The molecular weight excluding hydrogens is 284 g/mol. The van der Waals surface area contributed by atoms with Gasteiger partial charge in [-0.15, -0.1) is 0 Å². The average molecular weight is 298 g/mol. The highest BCUT2D eigenvalue weighted by Crippen LogP contribution is 2.19. The average Bonchev–Trinajstić information content (AvgIpc) is 2.91. The fourth-order valence-corrected chi connectivity index (χ4v) is 2.71. The van der Waals surface area contributed by atoms with Crippen LogP contribution in [0.2, 0.25) is 0 Å². The highest BCUT2D eigenvalue weighted by molar-refractivity contribution is 7.99. The Morgan fingerprint density at radius 1 is 1.19 bits per heavy atom. The molecule has 0 saturated heterocycles. The molecule has 0 aliphatic carbocycles. The van der Waals surface area contributed by atoms with E-state index in [1.165, 1.54) is 11.8 Å². The lowest BCUT2D eigenvalue weighted by Crippen LogP contribution is -2.13. The highest BCUT2D eigenvalue weighted by Gasteiger charge is 2.06. The summed E-state index contributed by atoms with van der Waals surface area (Å²) in [4.78, 5) is 23.5. The molecule has 0 fully saturated rings. The number of para-hydroxylation sites is 2. The molecular formula is C15H14N4OS. The number of fused-ring (bicyclic) bond motifs is 1. The summed E-state index contributed by atoms with van der Waals surface area (Å²) in [6.07, 6.45) is 2.07. The van der Waals surface area contributed by atoms with E-state index in [0.29, 0.717) is 18.0 Å². The van der Waals surface area contributed by atoms with Crippen molar-refractivity contribution in [2.75, 3.05) is 11.1 Å². The molecule has 5 nitrogen and oxygen atoms in total. The van der Waals surface area contributed by atoms with Crippen LogP contribution >= 0.6 is 11.8 Å². The van der Waals surface area contributed by atoms with Crippen LogP contribution in [0.5, 0.6) is 0 Å². The van der Waals surface area contributed by atoms with Crippen LogP contribution in [-0.2, 0) is 4.79 Å². The summed E-state index contributed by atoms with van der Waals surface area (Å²) in [7, 11) is 0. The van der Waals surface area contributed by atoms with Crippen molar-refractivity contribution in [2.45, 2.75) is 11.6 Å². The van der Waals surface area contributed by atoms with Crippen molar-refractivity contribution in [2.24, 2.45) is 0 Å². The van der Waals surface area contributed by atoms with Gasteiger partial charge >= 0.3 is 0 Å². The van der Waals surface area contributed by atoms with E-state index in [2.05, 4.69) is 20.3 Å². The maximum atomic E-state index is 11.8. The second-order valence-corrected chi connectivity index (χ2v) is 5.50. The van der Waals surface area contributed by atoms with Crippen molar-refractivity contribution in [3.05, 3.63) is 48.7 Å². The number of anilines is 1. The molecule has 2 heterocycles. The number of nitrogens with one attached hydrogen (secondary N) is 2. The van der Waals surface area contributed by atoms with Gasteiger partial charge < -0.3 is 10.3 Å². The van der Waals surface area contributed by atoms with Gasteiger partial charge in [0.25, 0.3) is 0 Å². The third-order valence-electron chi connectivity index (χ3n) is 2.87. The van der Waals surface area contributed by atoms with Gasteiger partial charge in [0.1, 0.15) is 5.82 Å². The smallest absolute Gasteiger partial charge is 0.226 e. The Kier molecular flexibility index (Phi) is 4.16. The number of aromatic nitrogens is 3. The SMILES string of the molecule is O=C(CCSc1nc2ccccc2[nH]1)Nc1ccccn1. The molecule has 1 amide bonds. The minimum Gasteiger partial charge on any atom is -0.333 e. The number of nitrogens with zero attached hydrogens (tertiary/aromatic N) is 2. The number of aromatic amines is 1. The van der Waals surface area contributed by atoms with Crippen LogP contribution in [0.15, 0.2) is 53.8 Å². The van der Waals surface area contributed by atoms with E-state index < -0.39 is 0 Å². The molecule has 1 aromatic carbocycles. The van der Waals surface area contributed by atoms with Gasteiger partial charge in [-0.3, -0.25) is 4.79 Å². The summed E-state index contributed by atoms with van der Waals surface area (Å²) in [6.45, 7) is 0. The van der Waals surface area contributed by atoms with Crippen molar-refractivity contribution in [3.63, 3.8) is 0 Å². The first-order valence-electron chi connectivity index (χ1n) is 6.60. The topological polar surface area (TPSA) is 70.7 Å². The minimum absolute atomic E-state index is 0.0442. The van der Waals surface area contributed by atoms with Crippen LogP contribution < -0.4 is 5.32 Å². The van der Waals surface area contributed by atoms with Gasteiger partial charge in [-0.1, -0.05) is 30.0 Å². The highest BCUT2D eigenvalue weighted by atomic mass is 32.2. The van der Waals surface area contributed by atoms with Gasteiger partial charge in [-0.2, -0.15) is 0 Å². The van der Waals surface area contributed by atoms with E-state index in [1.807, 2.05) is 36.4 Å². The molecule has 3 rings (SSSR count). The first-order valence-corrected chi connectivity index (χ1v) is 7.58. The fourth-order valence-electron chi connectivity index (χ4n) is 1.88. The molecule has 2 aromatic heterocycles. The van der Waals surface area contributed by atoms with Crippen LogP contribution in [0.25, 0.3) is 11.0 Å². The molecule has 0 bridgehead atoms. The quantitative estimate of drug-likeness (QED) is 0.710. The maximum absolute atomic E-state index is 11.8. The number of benzene rings is 1. The summed E-state index contributed by atoms with van der Waals surface area (Å²) in [6, 6.07) is 13.3. The Bertz CT molecular complexity index is 709. The zero-order chi connectivity index (χ0) is 14.5. The molecule has 0 unspecified atom stereocenters. The molecule has 0 saturated carbocycles. The van der Waals surface area contributed by atoms with Crippen LogP contribution in [0.1, 0.15) is 6.42 Å². The molecule has 3 aromatic rings. The third kappa shape index (κ3) is 3.61. The van der Waals surface area contributed by atoms with Crippen LogP contribution in [0.4, 0.5) is 5.82 Å². The Balaban J connectivity index is 1.50. The molecule has 0 aliphatic heterocycles. The molecule has 2 N–H and O–H groups in total. The maximum Gasteiger partial charge on any atom is 0.226 e. The Labute approximate surface area is 126 Å². The molecule has 21 heavy (non-hydrogen) atoms. The number of rotatable bonds is 5. The second-order valence-electron chi connectivity index (χ2n) is 4.42. The van der Waals surface area contributed by atoms with Gasteiger partial charge in [0.05, 0.1) is 11.0 Å². The zero-order valence-corrected chi connectivity index (χ0v) is 12.1. The molecule has 6 heteroatoms. The number of carbonyl (C=O) groups is 1. The number of imidazole rings is 1. The third-order valence-corrected chi connectivity index (χ3v) is 3.74. The lowest BCUT2D eigenvalue weighted by atomic mass is 10.3. The lowest BCUT2D eigenvalue weighted by molar-refractivity contribution is -0.115. The van der Waals surface area contributed by atoms with Crippen molar-refractivity contribution in [1.29, 1.82) is 0 Å². The van der Waals surface area contributed by atoms with E-state index in [0.717, 1.165) is 16.2 Å². The summed E-state index contributed by atoms with van der Waals surface area (Å²) in [5.74, 6) is 1.20. The van der Waals surface area contributed by atoms with E-state index in [9.17, 15) is 4.79 Å².